The molecule has 28 heavy (non-hydrogen) atoms. The molecule has 1 atom stereocenters. The summed E-state index contributed by atoms with van der Waals surface area (Å²) in [4.78, 5) is 38.2. The lowest BCUT2D eigenvalue weighted by Crippen LogP contribution is -2.28. The molecule has 1 heterocycles. The molecule has 7 nitrogen and oxygen atoms in total. The standard InChI is InChI=1S/C21H22N2O5/c1-14-6-5-7-16(10-14)22-19(24)13-28-21(26)15-11-20(25)23(12-15)17-8-3-4-9-18(17)27-2/h3-10,15H,11-13H2,1-2H3,(H,22,24)/t15-/m0/s1. The van der Waals surface area contributed by atoms with E-state index in [0.29, 0.717) is 17.1 Å². The Morgan fingerprint density at radius 2 is 1.96 bits per heavy atom. The molecule has 7 heteroatoms. The van der Waals surface area contributed by atoms with Gasteiger partial charge in [-0.3, -0.25) is 14.4 Å². The number of carbonyl (C=O) groups excluding carboxylic acids is 3. The molecule has 1 fully saturated rings. The lowest BCUT2D eigenvalue weighted by Gasteiger charge is -2.19. The normalized spacial score (nSPS) is 16.0. The fourth-order valence-corrected chi connectivity index (χ4v) is 3.13. The highest BCUT2D eigenvalue weighted by Crippen LogP contribution is 2.33. The van der Waals surface area contributed by atoms with Crippen LogP contribution in [0.25, 0.3) is 0 Å². The molecular weight excluding hydrogens is 360 g/mol. The first-order valence-corrected chi connectivity index (χ1v) is 8.94. The maximum absolute atomic E-state index is 12.4. The predicted octanol–water partition coefficient (Wildman–Crippen LogP) is 2.54. The predicted molar refractivity (Wildman–Crippen MR) is 104 cm³/mol. The monoisotopic (exact) mass is 382 g/mol. The van der Waals surface area contributed by atoms with Gasteiger partial charge in [-0.25, -0.2) is 0 Å². The van der Waals surface area contributed by atoms with Crippen molar-refractivity contribution in [2.24, 2.45) is 5.92 Å². The van der Waals surface area contributed by atoms with Crippen LogP contribution in [0.15, 0.2) is 48.5 Å². The summed E-state index contributed by atoms with van der Waals surface area (Å²) in [6.45, 7) is 1.71. The summed E-state index contributed by atoms with van der Waals surface area (Å²) in [5.41, 5.74) is 2.26. The molecule has 1 N–H and O–H groups in total. The van der Waals surface area contributed by atoms with E-state index in [1.54, 1.807) is 24.3 Å². The average Bonchev–Trinajstić information content (AvgIpc) is 3.07. The molecule has 1 aliphatic heterocycles. The third-order valence-electron chi connectivity index (χ3n) is 4.48. The van der Waals surface area contributed by atoms with Gasteiger partial charge in [-0.05, 0) is 36.8 Å². The van der Waals surface area contributed by atoms with E-state index in [4.69, 9.17) is 9.47 Å². The van der Waals surface area contributed by atoms with Gasteiger partial charge in [0.25, 0.3) is 5.91 Å². The summed E-state index contributed by atoms with van der Waals surface area (Å²) >= 11 is 0. The van der Waals surface area contributed by atoms with Crippen LogP contribution in [-0.2, 0) is 19.1 Å². The van der Waals surface area contributed by atoms with Crippen LogP contribution in [0.4, 0.5) is 11.4 Å². The van der Waals surface area contributed by atoms with Gasteiger partial charge in [0.1, 0.15) is 5.75 Å². The summed E-state index contributed by atoms with van der Waals surface area (Å²) in [7, 11) is 1.53. The van der Waals surface area contributed by atoms with E-state index in [0.717, 1.165) is 5.56 Å². The zero-order valence-corrected chi connectivity index (χ0v) is 15.8. The van der Waals surface area contributed by atoms with Crippen LogP contribution in [0.5, 0.6) is 5.75 Å². The Labute approximate surface area is 163 Å². The molecule has 2 amide bonds. The number of benzene rings is 2. The summed E-state index contributed by atoms with van der Waals surface area (Å²) in [6.07, 6.45) is 0.0381. The summed E-state index contributed by atoms with van der Waals surface area (Å²) in [6, 6.07) is 14.4. The number of hydrogen-bond acceptors (Lipinski definition) is 5. The second kappa shape index (κ2) is 8.56. The van der Waals surface area contributed by atoms with E-state index in [2.05, 4.69) is 5.32 Å². The van der Waals surface area contributed by atoms with E-state index in [1.165, 1.54) is 12.0 Å². The lowest BCUT2D eigenvalue weighted by molar-refractivity contribution is -0.151. The van der Waals surface area contributed by atoms with Crippen LogP contribution in [0.1, 0.15) is 12.0 Å². The molecule has 3 rings (SSSR count). The topological polar surface area (TPSA) is 84.9 Å². The third kappa shape index (κ3) is 4.49. The zero-order chi connectivity index (χ0) is 20.1. The van der Waals surface area contributed by atoms with Gasteiger partial charge in [-0.1, -0.05) is 24.3 Å². The fourth-order valence-electron chi connectivity index (χ4n) is 3.13. The quantitative estimate of drug-likeness (QED) is 0.776. The van der Waals surface area contributed by atoms with Gasteiger partial charge in [0.2, 0.25) is 5.91 Å². The first kappa shape index (κ1) is 19.4. The smallest absolute Gasteiger partial charge is 0.311 e. The van der Waals surface area contributed by atoms with Gasteiger partial charge >= 0.3 is 5.97 Å². The Kier molecular flexibility index (Phi) is 5.93. The van der Waals surface area contributed by atoms with Gasteiger partial charge in [-0.2, -0.15) is 0 Å². The van der Waals surface area contributed by atoms with Crippen LogP contribution < -0.4 is 15.0 Å². The molecule has 146 valence electrons. The number of nitrogens with zero attached hydrogens (tertiary/aromatic N) is 1. The number of para-hydroxylation sites is 2. The summed E-state index contributed by atoms with van der Waals surface area (Å²) in [5.74, 6) is -1.24. The molecule has 2 aromatic rings. The van der Waals surface area contributed by atoms with Crippen LogP contribution >= 0.6 is 0 Å². The lowest BCUT2D eigenvalue weighted by atomic mass is 10.1. The largest absolute Gasteiger partial charge is 0.495 e. The Hall–Kier alpha value is -3.35. The molecule has 0 unspecified atom stereocenters. The van der Waals surface area contributed by atoms with Crippen LogP contribution in [0.3, 0.4) is 0 Å². The van der Waals surface area contributed by atoms with Crippen molar-refractivity contribution >= 4 is 29.2 Å². The van der Waals surface area contributed by atoms with Crippen molar-refractivity contribution in [1.82, 2.24) is 0 Å². The van der Waals surface area contributed by atoms with Crippen LogP contribution in [-0.4, -0.2) is 38.0 Å². The van der Waals surface area contributed by atoms with Gasteiger partial charge in [0, 0.05) is 18.7 Å². The van der Waals surface area contributed by atoms with Gasteiger partial charge in [0.15, 0.2) is 6.61 Å². The molecule has 1 saturated heterocycles. The minimum Gasteiger partial charge on any atom is -0.495 e. The number of rotatable bonds is 6. The number of amides is 2. The van der Waals surface area contributed by atoms with Crippen molar-refractivity contribution in [1.29, 1.82) is 0 Å². The maximum Gasteiger partial charge on any atom is 0.311 e. The molecule has 0 aliphatic carbocycles. The molecule has 0 spiro atoms. The number of methoxy groups -OCH3 is 1. The first-order valence-electron chi connectivity index (χ1n) is 8.94. The molecule has 0 aromatic heterocycles. The highest BCUT2D eigenvalue weighted by Gasteiger charge is 2.37. The summed E-state index contributed by atoms with van der Waals surface area (Å²) in [5, 5.41) is 2.68. The van der Waals surface area contributed by atoms with E-state index in [1.807, 2.05) is 31.2 Å². The molecular formula is C21H22N2O5. The van der Waals surface area contributed by atoms with E-state index >= 15 is 0 Å². The second-order valence-electron chi connectivity index (χ2n) is 6.60. The van der Waals surface area contributed by atoms with Gasteiger partial charge in [-0.15, -0.1) is 0 Å². The number of aryl methyl sites for hydroxylation is 1. The van der Waals surface area contributed by atoms with Crippen molar-refractivity contribution in [3.63, 3.8) is 0 Å². The molecule has 0 bridgehead atoms. The number of esters is 1. The van der Waals surface area contributed by atoms with E-state index < -0.39 is 24.4 Å². The van der Waals surface area contributed by atoms with Crippen molar-refractivity contribution in [2.45, 2.75) is 13.3 Å². The SMILES string of the molecule is COc1ccccc1N1C[C@@H](C(=O)OCC(=O)Nc2cccc(C)c2)CC1=O. The van der Waals surface area contributed by atoms with Gasteiger partial charge in [0.05, 0.1) is 18.7 Å². The number of anilines is 2. The molecule has 0 radical (unpaired) electrons. The Balaban J connectivity index is 1.55. The number of carbonyl (C=O) groups is 3. The average molecular weight is 382 g/mol. The van der Waals surface area contributed by atoms with Crippen molar-refractivity contribution in [3.05, 3.63) is 54.1 Å². The third-order valence-corrected chi connectivity index (χ3v) is 4.48. The zero-order valence-electron chi connectivity index (χ0n) is 15.8. The highest BCUT2D eigenvalue weighted by atomic mass is 16.5. The maximum atomic E-state index is 12.4. The highest BCUT2D eigenvalue weighted by molar-refractivity contribution is 6.01. The number of nitrogens with one attached hydrogen (secondary N) is 1. The number of ether oxygens (including phenoxy) is 2. The number of hydrogen-bond donors (Lipinski definition) is 1. The Morgan fingerprint density at radius 1 is 1.18 bits per heavy atom. The molecule has 1 aliphatic rings. The minimum absolute atomic E-state index is 0.0381. The first-order chi connectivity index (χ1) is 13.5. The molecule has 2 aromatic carbocycles. The van der Waals surface area contributed by atoms with Crippen LogP contribution in [0, 0.1) is 12.8 Å². The summed E-state index contributed by atoms with van der Waals surface area (Å²) < 4.78 is 10.4. The fraction of sp³-hybridized carbons (Fsp3) is 0.286. The Morgan fingerprint density at radius 3 is 2.71 bits per heavy atom. The minimum atomic E-state index is -0.621. The van der Waals surface area contributed by atoms with E-state index in [-0.39, 0.29) is 18.9 Å². The van der Waals surface area contributed by atoms with Gasteiger partial charge < -0.3 is 19.7 Å². The molecule has 0 saturated carbocycles. The van der Waals surface area contributed by atoms with Crippen molar-refractivity contribution < 1.29 is 23.9 Å². The second-order valence-corrected chi connectivity index (χ2v) is 6.60. The Bertz CT molecular complexity index is 896. The van der Waals surface area contributed by atoms with Crippen molar-refractivity contribution in [2.75, 3.05) is 30.5 Å². The van der Waals surface area contributed by atoms with Crippen LogP contribution in [0.2, 0.25) is 0 Å². The van der Waals surface area contributed by atoms with Crippen molar-refractivity contribution in [3.8, 4) is 5.75 Å². The van der Waals surface area contributed by atoms with E-state index in [9.17, 15) is 14.4 Å².